The van der Waals surface area contributed by atoms with Gasteiger partial charge in [-0.1, -0.05) is 25.1 Å². The van der Waals surface area contributed by atoms with Gasteiger partial charge in [-0.3, -0.25) is 10.3 Å². The van der Waals surface area contributed by atoms with Crippen LogP contribution < -0.4 is 5.32 Å². The third kappa shape index (κ3) is 5.74. The van der Waals surface area contributed by atoms with Crippen molar-refractivity contribution in [2.45, 2.75) is 19.8 Å². The second-order valence-corrected chi connectivity index (χ2v) is 2.78. The fraction of sp³-hybridized carbons (Fsp3) is 0.714. The number of aliphatic imine (C=N–C) groups is 1. The van der Waals surface area contributed by atoms with Crippen molar-refractivity contribution in [3.8, 4) is 6.19 Å². The lowest BCUT2D eigenvalue weighted by Gasteiger charge is -1.97. The molecule has 1 N–H and O–H groups in total. The van der Waals surface area contributed by atoms with E-state index in [0.29, 0.717) is 5.17 Å². The molecule has 0 aromatic carbocycles. The van der Waals surface area contributed by atoms with Crippen LogP contribution in [0.25, 0.3) is 0 Å². The van der Waals surface area contributed by atoms with Crippen molar-refractivity contribution in [1.82, 2.24) is 5.32 Å². The predicted octanol–water partition coefficient (Wildman–Crippen LogP) is 1.58. The maximum absolute atomic E-state index is 8.27. The van der Waals surface area contributed by atoms with Crippen LogP contribution >= 0.6 is 11.8 Å². The molecule has 0 rings (SSSR count). The van der Waals surface area contributed by atoms with Gasteiger partial charge in [-0.15, -0.1) is 0 Å². The smallest absolute Gasteiger partial charge is 0.183 e. The van der Waals surface area contributed by atoms with Gasteiger partial charge in [0.1, 0.15) is 0 Å². The molecular formula is C7H13N3S. The molecule has 0 aliphatic rings. The highest BCUT2D eigenvalue weighted by molar-refractivity contribution is 8.13. The fourth-order valence-electron chi connectivity index (χ4n) is 0.542. The second-order valence-electron chi connectivity index (χ2n) is 1.98. The van der Waals surface area contributed by atoms with Crippen LogP contribution in [0, 0.1) is 11.5 Å². The Bertz CT molecular complexity index is 160. The first-order valence-electron chi connectivity index (χ1n) is 3.58. The molecular weight excluding hydrogens is 158 g/mol. The maximum atomic E-state index is 8.27. The van der Waals surface area contributed by atoms with Crippen molar-refractivity contribution in [1.29, 1.82) is 5.26 Å². The van der Waals surface area contributed by atoms with Crippen molar-refractivity contribution >= 4 is 16.9 Å². The Labute approximate surface area is 71.9 Å². The maximum Gasteiger partial charge on any atom is 0.183 e. The van der Waals surface area contributed by atoms with E-state index >= 15 is 0 Å². The van der Waals surface area contributed by atoms with Crippen LogP contribution in [0.15, 0.2) is 4.99 Å². The Kier molecular flexibility index (Phi) is 6.95. The molecule has 0 unspecified atom stereocenters. The van der Waals surface area contributed by atoms with Crippen LogP contribution in [0.3, 0.4) is 0 Å². The lowest BCUT2D eigenvalue weighted by molar-refractivity contribution is 0.807. The van der Waals surface area contributed by atoms with E-state index in [-0.39, 0.29) is 0 Å². The van der Waals surface area contributed by atoms with Gasteiger partial charge in [-0.05, 0) is 12.7 Å². The quantitative estimate of drug-likeness (QED) is 0.230. The standard InChI is InChI=1S/C7H13N3S/c1-3-4-5-9-7(11-2)10-6-8/h3-5H2,1-2H3,(H,9,10). The molecule has 0 amide bonds. The molecule has 0 atom stereocenters. The van der Waals surface area contributed by atoms with E-state index in [1.807, 2.05) is 12.4 Å². The Morgan fingerprint density at radius 3 is 2.91 bits per heavy atom. The minimum atomic E-state index is 0.709. The molecule has 62 valence electrons. The van der Waals surface area contributed by atoms with E-state index in [1.165, 1.54) is 11.8 Å². The van der Waals surface area contributed by atoms with Gasteiger partial charge in [-0.25, -0.2) is 0 Å². The topological polar surface area (TPSA) is 48.2 Å². The molecule has 4 heteroatoms. The predicted molar refractivity (Wildman–Crippen MR) is 49.5 cm³/mol. The summed E-state index contributed by atoms with van der Waals surface area (Å²) >= 11 is 1.46. The summed E-state index contributed by atoms with van der Waals surface area (Å²) < 4.78 is 0. The molecule has 11 heavy (non-hydrogen) atoms. The number of nitrogens with zero attached hydrogens (tertiary/aromatic N) is 2. The summed E-state index contributed by atoms with van der Waals surface area (Å²) in [4.78, 5) is 4.17. The third-order valence-electron chi connectivity index (χ3n) is 1.12. The van der Waals surface area contributed by atoms with Crippen LogP contribution in [-0.2, 0) is 0 Å². The van der Waals surface area contributed by atoms with Gasteiger partial charge in [0.15, 0.2) is 11.4 Å². The van der Waals surface area contributed by atoms with Crippen LogP contribution in [0.1, 0.15) is 19.8 Å². The largest absolute Gasteiger partial charge is 0.272 e. The summed E-state index contributed by atoms with van der Waals surface area (Å²) in [5, 5.41) is 11.5. The highest BCUT2D eigenvalue weighted by Crippen LogP contribution is 1.95. The summed E-state index contributed by atoms with van der Waals surface area (Å²) in [5.74, 6) is 0. The van der Waals surface area contributed by atoms with Gasteiger partial charge in [0.25, 0.3) is 0 Å². The van der Waals surface area contributed by atoms with E-state index in [1.54, 1.807) is 0 Å². The number of nitrogens with one attached hydrogen (secondary N) is 1. The first-order valence-corrected chi connectivity index (χ1v) is 4.81. The number of hydrogen-bond donors (Lipinski definition) is 1. The van der Waals surface area contributed by atoms with E-state index in [0.717, 1.165) is 19.4 Å². The number of amidine groups is 1. The van der Waals surface area contributed by atoms with Crippen molar-refractivity contribution in [3.05, 3.63) is 0 Å². The molecule has 0 fully saturated rings. The Morgan fingerprint density at radius 2 is 2.45 bits per heavy atom. The fourth-order valence-corrected chi connectivity index (χ4v) is 0.910. The van der Waals surface area contributed by atoms with Crippen molar-refractivity contribution in [2.24, 2.45) is 4.99 Å². The molecule has 0 radical (unpaired) electrons. The minimum Gasteiger partial charge on any atom is -0.272 e. The van der Waals surface area contributed by atoms with Crippen molar-refractivity contribution in [2.75, 3.05) is 12.8 Å². The summed E-state index contributed by atoms with van der Waals surface area (Å²) in [6, 6.07) is 0. The first kappa shape index (κ1) is 10.3. The van der Waals surface area contributed by atoms with Crippen LogP contribution in [0.4, 0.5) is 0 Å². The van der Waals surface area contributed by atoms with Gasteiger partial charge in [0.05, 0.1) is 0 Å². The van der Waals surface area contributed by atoms with Gasteiger partial charge < -0.3 is 0 Å². The zero-order valence-corrected chi connectivity index (χ0v) is 7.74. The lowest BCUT2D eigenvalue weighted by atomic mass is 10.3. The Hall–Kier alpha value is -0.690. The van der Waals surface area contributed by atoms with Crippen molar-refractivity contribution < 1.29 is 0 Å². The SMILES string of the molecule is CCCCN=C(NC#N)SC. The monoisotopic (exact) mass is 171 g/mol. The van der Waals surface area contributed by atoms with Crippen LogP contribution in [0.5, 0.6) is 0 Å². The second kappa shape index (κ2) is 7.42. The molecule has 0 aromatic heterocycles. The number of nitriles is 1. The highest BCUT2D eigenvalue weighted by Gasteiger charge is 1.91. The third-order valence-corrected chi connectivity index (χ3v) is 1.74. The molecule has 0 saturated carbocycles. The van der Waals surface area contributed by atoms with E-state index < -0.39 is 0 Å². The first-order chi connectivity index (χ1) is 5.35. The highest BCUT2D eigenvalue weighted by atomic mass is 32.2. The zero-order chi connectivity index (χ0) is 8.53. The van der Waals surface area contributed by atoms with Gasteiger partial charge >= 0.3 is 0 Å². The summed E-state index contributed by atoms with van der Waals surface area (Å²) in [7, 11) is 0. The van der Waals surface area contributed by atoms with E-state index in [4.69, 9.17) is 5.26 Å². The molecule has 0 aliphatic heterocycles. The van der Waals surface area contributed by atoms with Crippen LogP contribution in [-0.4, -0.2) is 18.0 Å². The molecule has 0 saturated heterocycles. The van der Waals surface area contributed by atoms with E-state index in [9.17, 15) is 0 Å². The number of thioether (sulfide) groups is 1. The average molecular weight is 171 g/mol. The van der Waals surface area contributed by atoms with E-state index in [2.05, 4.69) is 17.2 Å². The van der Waals surface area contributed by atoms with Gasteiger partial charge in [0, 0.05) is 6.54 Å². The minimum absolute atomic E-state index is 0.709. The average Bonchev–Trinajstić information content (AvgIpc) is 2.03. The van der Waals surface area contributed by atoms with Crippen LogP contribution in [0.2, 0.25) is 0 Å². The zero-order valence-electron chi connectivity index (χ0n) is 6.92. The van der Waals surface area contributed by atoms with Gasteiger partial charge in [0.2, 0.25) is 0 Å². The molecule has 0 bridgehead atoms. The number of unbranched alkanes of at least 4 members (excludes halogenated alkanes) is 1. The Morgan fingerprint density at radius 1 is 1.73 bits per heavy atom. The summed E-state index contributed by atoms with van der Waals surface area (Å²) in [5.41, 5.74) is 0. The molecule has 0 aliphatic carbocycles. The molecule has 0 spiro atoms. The summed E-state index contributed by atoms with van der Waals surface area (Å²) in [6.45, 7) is 2.92. The molecule has 0 heterocycles. The van der Waals surface area contributed by atoms with Gasteiger partial charge in [-0.2, -0.15) is 5.26 Å². The molecule has 0 aromatic rings. The number of hydrogen-bond acceptors (Lipinski definition) is 3. The van der Waals surface area contributed by atoms with Crippen molar-refractivity contribution in [3.63, 3.8) is 0 Å². The molecule has 3 nitrogen and oxygen atoms in total. The Balaban J connectivity index is 3.63. The normalized spacial score (nSPS) is 10.8. The number of rotatable bonds is 3. The lowest BCUT2D eigenvalue weighted by Crippen LogP contribution is -2.13. The summed E-state index contributed by atoms with van der Waals surface area (Å²) in [6.07, 6.45) is 5.96.